The van der Waals surface area contributed by atoms with Gasteiger partial charge in [-0.2, -0.15) is 0 Å². The number of imide groups is 4. The molecule has 2 unspecified atom stereocenters. The number of rotatable bonds is 22. The lowest BCUT2D eigenvalue weighted by Gasteiger charge is -2.27. The van der Waals surface area contributed by atoms with Gasteiger partial charge in [0.1, 0.15) is 24.5 Å². The van der Waals surface area contributed by atoms with Crippen molar-refractivity contribution in [2.24, 2.45) is 5.73 Å². The Morgan fingerprint density at radius 1 is 0.662 bits per heavy atom. The lowest BCUT2D eigenvalue weighted by molar-refractivity contribution is -0.137. The van der Waals surface area contributed by atoms with Gasteiger partial charge in [0.15, 0.2) is 17.4 Å². The van der Waals surface area contributed by atoms with Crippen LogP contribution < -0.4 is 27.0 Å². The number of amides is 8. The topological polar surface area (TPSA) is 243 Å². The van der Waals surface area contributed by atoms with E-state index in [9.17, 15) is 56.3 Å². The lowest BCUT2D eigenvalue weighted by atomic mass is 9.98. The number of benzene rings is 4. The Morgan fingerprint density at radius 3 is 1.76 bits per heavy atom. The number of nitrogens with two attached hydrogens (primary N) is 1. The number of nitrogens with zero attached hydrogens (tertiary/aromatic N) is 2. The third kappa shape index (κ3) is 12.8. The predicted molar refractivity (Wildman–Crippen MR) is 272 cm³/mol. The zero-order valence-corrected chi connectivity index (χ0v) is 42.5. The van der Waals surface area contributed by atoms with Crippen LogP contribution in [-0.4, -0.2) is 108 Å². The first-order valence-electron chi connectivity index (χ1n) is 24.5. The molecule has 0 saturated carbocycles. The van der Waals surface area contributed by atoms with E-state index in [1.54, 1.807) is 30.3 Å². The number of ether oxygens (including phenoxy) is 1. The first kappa shape index (κ1) is 55.1. The molecule has 0 aliphatic carbocycles. The first-order chi connectivity index (χ1) is 35.6. The highest BCUT2D eigenvalue weighted by Gasteiger charge is 2.47. The number of halogens is 4. The molecule has 21 heteroatoms. The van der Waals surface area contributed by atoms with Crippen LogP contribution in [0, 0.1) is 21.0 Å². The van der Waals surface area contributed by atoms with Gasteiger partial charge in [0.05, 0.1) is 33.6 Å². The van der Waals surface area contributed by atoms with E-state index in [-0.39, 0.29) is 61.6 Å². The zero-order valence-electron chi connectivity index (χ0n) is 40.3. The second kappa shape index (κ2) is 25.5. The number of piperidine rings is 2. The normalized spacial score (nSPS) is 17.3. The SMILES string of the molecule is NCCCCCc1cccc2c1C(=O)N(C1CCC(=O)NC1=O)C2=O.O=C1CCC(N2C(=O)c3cccc(CCCCCNCCCOCC(=O)c4ccc(F)c(F)c4Nc4ccc(I)cc4F)c3C2=O)C(=O)N1. The summed E-state index contributed by atoms with van der Waals surface area (Å²) in [6.07, 6.45) is 7.59. The molecule has 0 bridgehead atoms. The molecule has 0 radical (unpaired) electrons. The van der Waals surface area contributed by atoms with Crippen LogP contribution in [0.15, 0.2) is 66.7 Å². The Morgan fingerprint density at radius 2 is 1.22 bits per heavy atom. The monoisotopic (exact) mass is 1130 g/mol. The minimum Gasteiger partial charge on any atom is -0.373 e. The second-order valence-corrected chi connectivity index (χ2v) is 19.3. The van der Waals surface area contributed by atoms with Crippen molar-refractivity contribution in [1.82, 2.24) is 25.8 Å². The molecule has 390 valence electrons. The van der Waals surface area contributed by atoms with E-state index in [4.69, 9.17) is 10.5 Å². The van der Waals surface area contributed by atoms with Gasteiger partial charge in [0.25, 0.3) is 23.6 Å². The van der Waals surface area contributed by atoms with E-state index in [1.807, 2.05) is 34.7 Å². The number of unbranched alkanes of at least 4 members (excludes halogenated alkanes) is 4. The number of aryl methyl sites for hydroxylation is 2. The quantitative estimate of drug-likeness (QED) is 0.0255. The molecule has 4 aromatic rings. The number of fused-ring (bicyclic) bond motifs is 2. The van der Waals surface area contributed by atoms with Gasteiger partial charge in [-0.3, -0.25) is 63.6 Å². The standard InChI is InChI=1S/C35H34F3IN4O6.C18H21N3O4/c36-24-11-10-22(32(31(24)38)41-26-12-9-21(39)18-25(26)37)28(44)19-49-17-5-16-40-15-3-1-2-6-20-7-4-8-23-30(20)35(48)43(34(23)47)27-13-14-29(45)42-33(27)46;19-10-3-1-2-5-11-6-4-7-12-15(11)18(25)21(17(12)24)13-8-9-14(22)20-16(13)23/h4,7-12,18,27,40-41H,1-3,5-6,13-17,19H2,(H,42,45,46);4,6-7,13H,1-3,5,8-10,19H2,(H,20,22,23). The first-order valence-corrected chi connectivity index (χ1v) is 25.6. The van der Waals surface area contributed by atoms with E-state index in [2.05, 4.69) is 21.3 Å². The largest absolute Gasteiger partial charge is 0.373 e. The third-order valence-corrected chi connectivity index (χ3v) is 13.7. The molecule has 6 N–H and O–H groups in total. The summed E-state index contributed by atoms with van der Waals surface area (Å²) in [4.78, 5) is 114. The van der Waals surface area contributed by atoms with E-state index in [1.165, 1.54) is 12.1 Å². The minimum absolute atomic E-state index is 0.0647. The summed E-state index contributed by atoms with van der Waals surface area (Å²) < 4.78 is 49.0. The average molecular weight is 1130 g/mol. The molecule has 8 amide bonds. The number of carbonyl (C=O) groups excluding carboxylic acids is 9. The average Bonchev–Trinajstić information content (AvgIpc) is 3.78. The summed E-state index contributed by atoms with van der Waals surface area (Å²) in [5, 5.41) is 10.2. The molecular formula is C53H55F3IN7O10. The van der Waals surface area contributed by atoms with Crippen LogP contribution in [0.1, 0.15) is 134 Å². The summed E-state index contributed by atoms with van der Waals surface area (Å²) in [5.74, 6) is -7.67. The number of hydrogen-bond donors (Lipinski definition) is 5. The lowest BCUT2D eigenvalue weighted by Crippen LogP contribution is -2.54. The molecule has 8 rings (SSSR count). The maximum atomic E-state index is 14.6. The number of Topliss-reactive ketones (excluding diaryl/α,β-unsaturated/α-hetero) is 1. The molecule has 0 spiro atoms. The molecule has 2 saturated heterocycles. The zero-order chi connectivity index (χ0) is 53.1. The smallest absolute Gasteiger partial charge is 0.262 e. The van der Waals surface area contributed by atoms with E-state index in [0.717, 1.165) is 78.1 Å². The molecule has 4 aromatic carbocycles. The summed E-state index contributed by atoms with van der Waals surface area (Å²) in [5.41, 5.74) is 7.69. The van der Waals surface area contributed by atoms with Crippen molar-refractivity contribution in [3.05, 3.63) is 127 Å². The van der Waals surface area contributed by atoms with Gasteiger partial charge in [0.2, 0.25) is 23.6 Å². The molecule has 0 aromatic heterocycles. The van der Waals surface area contributed by atoms with Crippen molar-refractivity contribution < 1.29 is 61.1 Å². The highest BCUT2D eigenvalue weighted by Crippen LogP contribution is 2.33. The van der Waals surface area contributed by atoms with Crippen LogP contribution in [0.3, 0.4) is 0 Å². The van der Waals surface area contributed by atoms with Crippen LogP contribution in [0.2, 0.25) is 0 Å². The van der Waals surface area contributed by atoms with Gasteiger partial charge in [0, 0.05) is 28.6 Å². The van der Waals surface area contributed by atoms with Gasteiger partial charge in [-0.05, 0) is 154 Å². The predicted octanol–water partition coefficient (Wildman–Crippen LogP) is 6.20. The van der Waals surface area contributed by atoms with Gasteiger partial charge in [-0.25, -0.2) is 13.2 Å². The Labute approximate surface area is 438 Å². The highest BCUT2D eigenvalue weighted by atomic mass is 127. The minimum atomic E-state index is -1.29. The van der Waals surface area contributed by atoms with Gasteiger partial charge in [-0.15, -0.1) is 0 Å². The maximum Gasteiger partial charge on any atom is 0.262 e. The summed E-state index contributed by atoms with van der Waals surface area (Å²) >= 11 is 1.92. The molecule has 4 aliphatic rings. The number of anilines is 2. The number of hydrogen-bond acceptors (Lipinski definition) is 13. The van der Waals surface area contributed by atoms with Crippen molar-refractivity contribution in [2.75, 3.05) is 38.2 Å². The Bertz CT molecular complexity index is 2880. The molecule has 2 fully saturated rings. The summed E-state index contributed by atoms with van der Waals surface area (Å²) in [6.45, 7) is 1.87. The van der Waals surface area contributed by atoms with Gasteiger partial charge in [-0.1, -0.05) is 37.1 Å². The van der Waals surface area contributed by atoms with Crippen molar-refractivity contribution >= 4 is 87.0 Å². The Hall–Kier alpha value is -6.69. The van der Waals surface area contributed by atoms with Crippen molar-refractivity contribution in [2.45, 2.75) is 95.6 Å². The number of nitrogens with one attached hydrogen (secondary N) is 4. The van der Waals surface area contributed by atoms with E-state index in [0.29, 0.717) is 52.6 Å². The van der Waals surface area contributed by atoms with Crippen LogP contribution in [0.25, 0.3) is 0 Å². The molecule has 4 aliphatic heterocycles. The fraction of sp³-hybridized carbons (Fsp3) is 0.377. The molecule has 74 heavy (non-hydrogen) atoms. The van der Waals surface area contributed by atoms with E-state index < -0.39 is 82.4 Å². The van der Waals surface area contributed by atoms with Crippen LogP contribution >= 0.6 is 22.6 Å². The molecule has 2 atom stereocenters. The molecule has 4 heterocycles. The number of carbonyl (C=O) groups is 9. The van der Waals surface area contributed by atoms with Gasteiger partial charge >= 0.3 is 0 Å². The van der Waals surface area contributed by atoms with Gasteiger partial charge < -0.3 is 21.1 Å². The molecule has 17 nitrogen and oxygen atoms in total. The highest BCUT2D eigenvalue weighted by molar-refractivity contribution is 14.1. The van der Waals surface area contributed by atoms with Crippen molar-refractivity contribution in [3.63, 3.8) is 0 Å². The Kier molecular flexibility index (Phi) is 19.0. The van der Waals surface area contributed by atoms with Crippen molar-refractivity contribution in [3.8, 4) is 0 Å². The second-order valence-electron chi connectivity index (χ2n) is 18.1. The van der Waals surface area contributed by atoms with Crippen molar-refractivity contribution in [1.29, 1.82) is 0 Å². The third-order valence-electron chi connectivity index (χ3n) is 13.0. The summed E-state index contributed by atoms with van der Waals surface area (Å²) in [6, 6.07) is 14.6. The van der Waals surface area contributed by atoms with E-state index >= 15 is 0 Å². The molecular weight excluding hydrogens is 1080 g/mol. The van der Waals surface area contributed by atoms with Crippen LogP contribution in [0.4, 0.5) is 24.5 Å². The summed E-state index contributed by atoms with van der Waals surface area (Å²) in [7, 11) is 0. The fourth-order valence-electron chi connectivity index (χ4n) is 9.26. The number of ketones is 1. The Balaban J connectivity index is 0.000000267. The van der Waals surface area contributed by atoms with Crippen LogP contribution in [0.5, 0.6) is 0 Å². The maximum absolute atomic E-state index is 14.6. The van der Waals surface area contributed by atoms with Crippen LogP contribution in [-0.2, 0) is 36.8 Å². The fourth-order valence-corrected chi connectivity index (χ4v) is 9.72.